The van der Waals surface area contributed by atoms with Gasteiger partial charge in [-0.15, -0.1) is 0 Å². The van der Waals surface area contributed by atoms with Crippen molar-refractivity contribution in [1.29, 1.82) is 0 Å². The first-order valence-corrected chi connectivity index (χ1v) is 10.3. The number of benzene rings is 2. The maximum Gasteiger partial charge on any atom is 0.416 e. The Bertz CT molecular complexity index is 961. The zero-order valence-corrected chi connectivity index (χ0v) is 17.5. The molecule has 0 aliphatic carbocycles. The highest BCUT2D eigenvalue weighted by Crippen LogP contribution is 2.32. The molecule has 1 heterocycles. The highest BCUT2D eigenvalue weighted by atomic mass is 19.4. The fourth-order valence-electron chi connectivity index (χ4n) is 3.83. The minimum Gasteiger partial charge on any atom is -0.496 e. The van der Waals surface area contributed by atoms with Crippen LogP contribution in [0.4, 0.5) is 17.6 Å². The van der Waals surface area contributed by atoms with Gasteiger partial charge in [-0.3, -0.25) is 14.5 Å². The smallest absolute Gasteiger partial charge is 0.416 e. The lowest BCUT2D eigenvalue weighted by atomic mass is 9.94. The molecule has 1 atom stereocenters. The summed E-state index contributed by atoms with van der Waals surface area (Å²) in [4.78, 5) is 27.4. The van der Waals surface area contributed by atoms with Crippen molar-refractivity contribution in [3.8, 4) is 5.75 Å². The van der Waals surface area contributed by atoms with Crippen LogP contribution < -0.4 is 10.1 Å². The highest BCUT2D eigenvalue weighted by molar-refractivity contribution is 6.00. The van der Waals surface area contributed by atoms with E-state index in [1.807, 2.05) is 4.90 Å². The van der Waals surface area contributed by atoms with Gasteiger partial charge in [-0.25, -0.2) is 4.39 Å². The number of likely N-dealkylation sites (tertiary alicyclic amines) is 1. The second-order valence-electron chi connectivity index (χ2n) is 7.59. The zero-order chi connectivity index (χ0) is 23.3. The number of halogens is 4. The molecule has 1 unspecified atom stereocenters. The van der Waals surface area contributed by atoms with Crippen molar-refractivity contribution in [3.05, 3.63) is 65.0 Å². The first-order valence-electron chi connectivity index (χ1n) is 10.3. The molecule has 1 N–H and O–H groups in total. The summed E-state index contributed by atoms with van der Waals surface area (Å²) >= 11 is 0. The number of carbonyl (C=O) groups is 2. The van der Waals surface area contributed by atoms with Crippen LogP contribution in [0.25, 0.3) is 0 Å². The first kappa shape index (κ1) is 23.7. The van der Waals surface area contributed by atoms with Crippen molar-refractivity contribution in [2.45, 2.75) is 31.5 Å². The third-order valence-electron chi connectivity index (χ3n) is 5.50. The largest absolute Gasteiger partial charge is 0.496 e. The van der Waals surface area contributed by atoms with Crippen LogP contribution in [0.5, 0.6) is 5.75 Å². The Labute approximate surface area is 183 Å². The average Bonchev–Trinajstić information content (AvgIpc) is 2.78. The Balaban J connectivity index is 1.65. The molecular weight excluding hydrogens is 428 g/mol. The van der Waals surface area contributed by atoms with Crippen molar-refractivity contribution in [2.75, 3.05) is 26.7 Å². The van der Waals surface area contributed by atoms with Gasteiger partial charge in [-0.05, 0) is 61.9 Å². The summed E-state index contributed by atoms with van der Waals surface area (Å²) in [5, 5.41) is 2.62. The minimum absolute atomic E-state index is 0.0397. The molecule has 1 amide bonds. The molecule has 0 aromatic heterocycles. The van der Waals surface area contributed by atoms with E-state index >= 15 is 0 Å². The number of piperidine rings is 1. The quantitative estimate of drug-likeness (QED) is 0.502. The monoisotopic (exact) mass is 452 g/mol. The number of hydrogen-bond acceptors (Lipinski definition) is 4. The van der Waals surface area contributed by atoms with Gasteiger partial charge in [0.1, 0.15) is 11.6 Å². The van der Waals surface area contributed by atoms with E-state index in [2.05, 4.69) is 5.32 Å². The second kappa shape index (κ2) is 10.1. The van der Waals surface area contributed by atoms with Crippen molar-refractivity contribution in [1.82, 2.24) is 10.2 Å². The summed E-state index contributed by atoms with van der Waals surface area (Å²) in [5.41, 5.74) is -0.731. The normalized spacial score (nSPS) is 17.1. The number of carbonyl (C=O) groups excluding carboxylic acids is 2. The van der Waals surface area contributed by atoms with Crippen LogP contribution >= 0.6 is 0 Å². The van der Waals surface area contributed by atoms with E-state index < -0.39 is 29.5 Å². The Morgan fingerprint density at radius 3 is 2.50 bits per heavy atom. The van der Waals surface area contributed by atoms with E-state index in [1.165, 1.54) is 31.4 Å². The Kier molecular flexibility index (Phi) is 7.50. The number of amides is 1. The summed E-state index contributed by atoms with van der Waals surface area (Å²) in [6.07, 6.45) is -2.17. The summed E-state index contributed by atoms with van der Waals surface area (Å²) < 4.78 is 57.2. The van der Waals surface area contributed by atoms with Crippen molar-refractivity contribution in [3.63, 3.8) is 0 Å². The highest BCUT2D eigenvalue weighted by Gasteiger charge is 2.32. The Morgan fingerprint density at radius 2 is 1.84 bits per heavy atom. The van der Waals surface area contributed by atoms with Gasteiger partial charge in [-0.1, -0.05) is 6.42 Å². The van der Waals surface area contributed by atoms with E-state index in [9.17, 15) is 27.2 Å². The predicted molar refractivity (Wildman–Crippen MR) is 110 cm³/mol. The molecule has 2 aromatic rings. The zero-order valence-electron chi connectivity index (χ0n) is 17.5. The molecule has 5 nitrogen and oxygen atoms in total. The average molecular weight is 452 g/mol. The lowest BCUT2D eigenvalue weighted by Crippen LogP contribution is -2.47. The van der Waals surface area contributed by atoms with Crippen LogP contribution in [-0.4, -0.2) is 49.4 Å². The SMILES string of the molecule is COc1ccc(C(F)(F)F)cc1C(=O)NCCN1CCCCC1C(=O)c1ccc(F)cc1. The molecule has 3 rings (SSSR count). The number of nitrogens with zero attached hydrogens (tertiary/aromatic N) is 1. The van der Waals surface area contributed by atoms with E-state index in [0.717, 1.165) is 31.0 Å². The molecule has 1 saturated heterocycles. The van der Waals surface area contributed by atoms with Gasteiger partial charge in [0.25, 0.3) is 5.91 Å². The van der Waals surface area contributed by atoms with Gasteiger partial charge in [0.2, 0.25) is 0 Å². The fourth-order valence-corrected chi connectivity index (χ4v) is 3.83. The molecule has 1 fully saturated rings. The van der Waals surface area contributed by atoms with Crippen LogP contribution in [0.3, 0.4) is 0 Å². The van der Waals surface area contributed by atoms with Gasteiger partial charge in [0, 0.05) is 18.7 Å². The first-order chi connectivity index (χ1) is 15.2. The predicted octanol–water partition coefficient (Wildman–Crippen LogP) is 4.32. The lowest BCUT2D eigenvalue weighted by molar-refractivity contribution is -0.137. The van der Waals surface area contributed by atoms with Crippen molar-refractivity contribution in [2.24, 2.45) is 0 Å². The van der Waals surface area contributed by atoms with Crippen LogP contribution in [0.1, 0.15) is 45.5 Å². The second-order valence-corrected chi connectivity index (χ2v) is 7.59. The molecule has 32 heavy (non-hydrogen) atoms. The molecule has 0 saturated carbocycles. The minimum atomic E-state index is -4.58. The Hall–Kier alpha value is -2.94. The molecule has 0 radical (unpaired) electrons. The maximum atomic E-state index is 13.2. The number of ether oxygens (including phenoxy) is 1. The van der Waals surface area contributed by atoms with Crippen LogP contribution in [0.15, 0.2) is 42.5 Å². The topological polar surface area (TPSA) is 58.6 Å². The molecule has 172 valence electrons. The number of Topliss-reactive ketones (excluding diaryl/α,β-unsaturated/α-hetero) is 1. The molecule has 0 bridgehead atoms. The van der Waals surface area contributed by atoms with Crippen molar-refractivity contribution >= 4 is 11.7 Å². The van der Waals surface area contributed by atoms with E-state index in [4.69, 9.17) is 4.74 Å². The number of nitrogens with one attached hydrogen (secondary N) is 1. The number of ketones is 1. The number of rotatable bonds is 7. The molecule has 2 aromatic carbocycles. The number of alkyl halides is 3. The molecular formula is C23H24F4N2O3. The van der Waals surface area contributed by atoms with Crippen LogP contribution in [0, 0.1) is 5.82 Å². The lowest BCUT2D eigenvalue weighted by Gasteiger charge is -2.34. The summed E-state index contributed by atoms with van der Waals surface area (Å²) in [6, 6.07) is 7.71. The fraction of sp³-hybridized carbons (Fsp3) is 0.391. The van der Waals surface area contributed by atoms with E-state index in [-0.39, 0.29) is 23.6 Å². The van der Waals surface area contributed by atoms with Gasteiger partial charge in [-0.2, -0.15) is 13.2 Å². The molecule has 0 spiro atoms. The third kappa shape index (κ3) is 5.64. The number of hydrogen-bond donors (Lipinski definition) is 1. The third-order valence-corrected chi connectivity index (χ3v) is 5.50. The van der Waals surface area contributed by atoms with E-state index in [0.29, 0.717) is 25.1 Å². The van der Waals surface area contributed by atoms with E-state index in [1.54, 1.807) is 0 Å². The van der Waals surface area contributed by atoms with Gasteiger partial charge in [0.05, 0.1) is 24.3 Å². The number of methoxy groups -OCH3 is 1. The van der Waals surface area contributed by atoms with Crippen molar-refractivity contribution < 1.29 is 31.9 Å². The Morgan fingerprint density at radius 1 is 1.12 bits per heavy atom. The summed E-state index contributed by atoms with van der Waals surface area (Å²) in [5.74, 6) is -1.19. The molecule has 1 aliphatic heterocycles. The maximum absolute atomic E-state index is 13.2. The van der Waals surface area contributed by atoms with Gasteiger partial charge >= 0.3 is 6.18 Å². The summed E-state index contributed by atoms with van der Waals surface area (Å²) in [7, 11) is 1.28. The van der Waals surface area contributed by atoms with Crippen LogP contribution in [-0.2, 0) is 6.18 Å². The summed E-state index contributed by atoms with van der Waals surface area (Å²) in [6.45, 7) is 1.15. The standard InChI is InChI=1S/C23H24F4N2O3/c1-32-20-10-7-16(23(25,26)27)14-18(20)22(31)28-11-13-29-12-3-2-4-19(29)21(30)15-5-8-17(24)9-6-15/h5-10,14,19H,2-4,11-13H2,1H3,(H,28,31). The molecule has 9 heteroatoms. The van der Waals surface area contributed by atoms with Crippen LogP contribution in [0.2, 0.25) is 0 Å². The van der Waals surface area contributed by atoms with Gasteiger partial charge < -0.3 is 10.1 Å². The molecule has 1 aliphatic rings. The van der Waals surface area contributed by atoms with Gasteiger partial charge in [0.15, 0.2) is 5.78 Å².